The molecule has 2 atom stereocenters. The summed E-state index contributed by atoms with van der Waals surface area (Å²) in [5.74, 6) is 4.24. The third-order valence-corrected chi connectivity index (χ3v) is 16.3. The molecule has 2 unspecified atom stereocenters. The monoisotopic (exact) mass is 633 g/mol. The van der Waals surface area contributed by atoms with Crippen LogP contribution in [0.4, 0.5) is 0 Å². The second-order valence-electron chi connectivity index (χ2n) is 17.0. The molecule has 1 aliphatic heterocycles. The molecule has 7 rings (SSSR count). The van der Waals surface area contributed by atoms with E-state index in [1.165, 1.54) is 61.0 Å². The van der Waals surface area contributed by atoms with Crippen LogP contribution in [0.2, 0.25) is 18.1 Å². The van der Waals surface area contributed by atoms with E-state index in [2.05, 4.69) is 89.4 Å². The first kappa shape index (κ1) is 33.1. The molecule has 4 bridgehead atoms. The first-order valence-electron chi connectivity index (χ1n) is 17.8. The van der Waals surface area contributed by atoms with Crippen molar-refractivity contribution < 1.29 is 18.6 Å². The highest BCUT2D eigenvalue weighted by Crippen LogP contribution is 2.62. The Bertz CT molecular complexity index is 1330. The minimum Gasteiger partial charge on any atom is -0.493 e. The molecular formula is C39H59NO4Si. The second-order valence-corrected chi connectivity index (χ2v) is 21.7. The fraction of sp³-hybridized carbons (Fsp3) is 0.692. The van der Waals surface area contributed by atoms with E-state index in [4.69, 9.17) is 18.6 Å². The van der Waals surface area contributed by atoms with E-state index in [-0.39, 0.29) is 17.2 Å². The maximum Gasteiger partial charge on any atom is 0.205 e. The molecule has 45 heavy (non-hydrogen) atoms. The number of ether oxygens (including phenoxy) is 3. The topological polar surface area (TPSA) is 49.0 Å². The number of fused-ring (bicyclic) bond motifs is 1. The maximum absolute atomic E-state index is 7.11. The van der Waals surface area contributed by atoms with Gasteiger partial charge < -0.3 is 24.0 Å². The van der Waals surface area contributed by atoms with Crippen LogP contribution in [-0.4, -0.2) is 33.3 Å². The van der Waals surface area contributed by atoms with E-state index in [9.17, 15) is 0 Å². The van der Waals surface area contributed by atoms with Crippen molar-refractivity contribution in [1.82, 2.24) is 5.32 Å². The van der Waals surface area contributed by atoms with Crippen molar-refractivity contribution >= 4 is 8.32 Å². The van der Waals surface area contributed by atoms with Gasteiger partial charge in [0.15, 0.2) is 8.32 Å². The summed E-state index contributed by atoms with van der Waals surface area (Å²) in [4.78, 5) is 0. The predicted octanol–water partition coefficient (Wildman–Crippen LogP) is 9.48. The number of para-hydroxylation sites is 1. The summed E-state index contributed by atoms with van der Waals surface area (Å²) in [5.41, 5.74) is 5.45. The SMILES string of the molecule is CCOc1c(CC(C)NCC(O[Si](C)(C)C(C)(C)C)c2ccc3c(c2)COC(C)(C)O3)cccc1C12CC3CC(CC(C3)C1)C2. The Morgan fingerprint density at radius 3 is 2.29 bits per heavy atom. The van der Waals surface area contributed by atoms with Crippen LogP contribution in [0.5, 0.6) is 11.5 Å². The van der Waals surface area contributed by atoms with Crippen LogP contribution in [0.15, 0.2) is 36.4 Å². The Hall–Kier alpha value is -1.86. The van der Waals surface area contributed by atoms with Crippen LogP contribution >= 0.6 is 0 Å². The Balaban J connectivity index is 1.21. The van der Waals surface area contributed by atoms with Crippen molar-refractivity contribution in [3.8, 4) is 11.5 Å². The molecule has 4 aliphatic carbocycles. The summed E-state index contributed by atoms with van der Waals surface area (Å²) in [6.07, 6.45) is 9.34. The Kier molecular flexibility index (Phi) is 9.04. The standard InChI is InChI=1S/C39H59NO4Si/c1-10-41-36-31(12-11-13-33(36)39-21-27-17-28(22-39)19-29(18-27)23-39)16-26(2)40-24-35(44-45(8,9)37(3,4)5)30-14-15-34-32(20-30)25-42-38(6,7)43-34/h11-15,20,26-29,35,40H,10,16-19,21-25H2,1-9H3. The van der Waals surface area contributed by atoms with E-state index in [1.54, 1.807) is 0 Å². The van der Waals surface area contributed by atoms with Crippen LogP contribution in [0.25, 0.3) is 0 Å². The van der Waals surface area contributed by atoms with E-state index in [0.717, 1.165) is 42.0 Å². The quantitative estimate of drug-likeness (QED) is 0.250. The van der Waals surface area contributed by atoms with Gasteiger partial charge >= 0.3 is 0 Å². The number of nitrogens with one attached hydrogen (secondary N) is 1. The minimum absolute atomic E-state index is 0.0571. The van der Waals surface area contributed by atoms with Crippen molar-refractivity contribution in [1.29, 1.82) is 0 Å². The van der Waals surface area contributed by atoms with Crippen LogP contribution in [0.3, 0.4) is 0 Å². The van der Waals surface area contributed by atoms with Gasteiger partial charge in [0, 0.05) is 37.6 Å². The van der Waals surface area contributed by atoms with Crippen LogP contribution in [0, 0.1) is 17.8 Å². The molecule has 0 amide bonds. The Labute approximate surface area is 274 Å². The zero-order valence-corrected chi connectivity index (χ0v) is 30.6. The Morgan fingerprint density at radius 1 is 1.00 bits per heavy atom. The van der Waals surface area contributed by atoms with Gasteiger partial charge in [0.05, 0.1) is 19.3 Å². The van der Waals surface area contributed by atoms with Crippen molar-refractivity contribution in [2.75, 3.05) is 13.2 Å². The summed E-state index contributed by atoms with van der Waals surface area (Å²) in [6, 6.07) is 13.8. The van der Waals surface area contributed by atoms with Gasteiger partial charge in [-0.1, -0.05) is 45.0 Å². The maximum atomic E-state index is 7.11. The second kappa shape index (κ2) is 12.3. The van der Waals surface area contributed by atoms with Crippen LogP contribution in [-0.2, 0) is 27.6 Å². The lowest BCUT2D eigenvalue weighted by Gasteiger charge is -2.57. The van der Waals surface area contributed by atoms with Gasteiger partial charge in [-0.25, -0.2) is 0 Å². The fourth-order valence-corrected chi connectivity index (χ4v) is 10.2. The molecule has 4 fully saturated rings. The predicted molar refractivity (Wildman–Crippen MR) is 186 cm³/mol. The molecule has 2 aromatic carbocycles. The number of rotatable bonds is 11. The molecule has 0 spiro atoms. The van der Waals surface area contributed by atoms with Crippen LogP contribution in [0.1, 0.15) is 115 Å². The van der Waals surface area contributed by atoms with Gasteiger partial charge in [0.1, 0.15) is 11.5 Å². The van der Waals surface area contributed by atoms with Gasteiger partial charge in [-0.05, 0) is 123 Å². The lowest BCUT2D eigenvalue weighted by molar-refractivity contribution is -0.180. The molecule has 4 saturated carbocycles. The summed E-state index contributed by atoms with van der Waals surface area (Å²) in [7, 11) is -2.04. The zero-order valence-electron chi connectivity index (χ0n) is 29.6. The summed E-state index contributed by atoms with van der Waals surface area (Å²) >= 11 is 0. The Morgan fingerprint density at radius 2 is 1.67 bits per heavy atom. The van der Waals surface area contributed by atoms with Gasteiger partial charge in [-0.2, -0.15) is 0 Å². The lowest BCUT2D eigenvalue weighted by atomic mass is 9.48. The van der Waals surface area contributed by atoms with Gasteiger partial charge in [-0.15, -0.1) is 0 Å². The fourth-order valence-electron chi connectivity index (χ4n) is 8.95. The largest absolute Gasteiger partial charge is 0.493 e. The molecule has 2 aromatic rings. The van der Waals surface area contributed by atoms with Crippen molar-refractivity contribution in [2.24, 2.45) is 17.8 Å². The highest BCUT2D eigenvalue weighted by molar-refractivity contribution is 6.74. The average molecular weight is 634 g/mol. The molecule has 0 saturated heterocycles. The third-order valence-electron chi connectivity index (χ3n) is 11.8. The van der Waals surface area contributed by atoms with Gasteiger partial charge in [0.2, 0.25) is 5.79 Å². The van der Waals surface area contributed by atoms with Crippen molar-refractivity contribution in [2.45, 2.75) is 141 Å². The number of benzene rings is 2. The summed E-state index contributed by atoms with van der Waals surface area (Å²) in [5, 5.41) is 4.02. The molecule has 5 nitrogen and oxygen atoms in total. The van der Waals surface area contributed by atoms with E-state index >= 15 is 0 Å². The van der Waals surface area contributed by atoms with E-state index in [0.29, 0.717) is 18.6 Å². The highest BCUT2D eigenvalue weighted by atomic mass is 28.4. The van der Waals surface area contributed by atoms with Gasteiger partial charge in [0.25, 0.3) is 0 Å². The first-order valence-corrected chi connectivity index (χ1v) is 20.7. The summed E-state index contributed by atoms with van der Waals surface area (Å²) in [6.45, 7) is 22.0. The summed E-state index contributed by atoms with van der Waals surface area (Å²) < 4.78 is 25.8. The normalized spacial score (nSPS) is 28.3. The third kappa shape index (κ3) is 6.91. The minimum atomic E-state index is -2.04. The van der Waals surface area contributed by atoms with E-state index < -0.39 is 14.1 Å². The molecule has 5 aliphatic rings. The molecule has 1 heterocycles. The molecule has 6 heteroatoms. The molecular weight excluding hydrogens is 575 g/mol. The molecule has 1 N–H and O–H groups in total. The molecule has 0 radical (unpaired) electrons. The average Bonchev–Trinajstić information content (AvgIpc) is 2.94. The van der Waals surface area contributed by atoms with Crippen molar-refractivity contribution in [3.63, 3.8) is 0 Å². The highest BCUT2D eigenvalue weighted by Gasteiger charge is 2.52. The number of hydrogen-bond acceptors (Lipinski definition) is 5. The smallest absolute Gasteiger partial charge is 0.205 e. The number of hydrogen-bond donors (Lipinski definition) is 1. The first-order chi connectivity index (χ1) is 21.2. The van der Waals surface area contributed by atoms with Gasteiger partial charge in [-0.3, -0.25) is 0 Å². The zero-order chi connectivity index (χ0) is 32.2. The van der Waals surface area contributed by atoms with Crippen LogP contribution < -0.4 is 14.8 Å². The molecule has 0 aromatic heterocycles. The lowest BCUT2D eigenvalue weighted by Crippen LogP contribution is -2.48. The van der Waals surface area contributed by atoms with E-state index in [1.807, 2.05) is 13.8 Å². The van der Waals surface area contributed by atoms with Crippen molar-refractivity contribution in [3.05, 3.63) is 58.7 Å². The molecule has 248 valence electrons.